The molecule has 3 aromatic rings. The summed E-state index contributed by atoms with van der Waals surface area (Å²) in [5, 5.41) is 2.08. The minimum atomic E-state index is 0.821. The Balaban J connectivity index is 1.88. The van der Waals surface area contributed by atoms with Crippen molar-refractivity contribution in [2.75, 3.05) is 18.6 Å². The highest BCUT2D eigenvalue weighted by Gasteiger charge is 2.22. The second-order valence-electron chi connectivity index (χ2n) is 5.48. The highest BCUT2D eigenvalue weighted by Crippen LogP contribution is 2.38. The van der Waals surface area contributed by atoms with Crippen LogP contribution in [0.2, 0.25) is 0 Å². The van der Waals surface area contributed by atoms with E-state index in [-0.39, 0.29) is 0 Å². The lowest BCUT2D eigenvalue weighted by atomic mass is 10.0. The van der Waals surface area contributed by atoms with E-state index in [1.165, 1.54) is 11.3 Å². The molecule has 112 valence electrons. The maximum Gasteiger partial charge on any atom is 0.154 e. The fourth-order valence-corrected chi connectivity index (χ4v) is 3.89. The van der Waals surface area contributed by atoms with Gasteiger partial charge in [-0.25, -0.2) is 9.97 Å². The first kappa shape index (κ1) is 13.5. The van der Waals surface area contributed by atoms with Crippen molar-refractivity contribution >= 4 is 33.1 Å². The van der Waals surface area contributed by atoms with Crippen LogP contribution >= 0.6 is 11.3 Å². The van der Waals surface area contributed by atoms with E-state index in [1.807, 2.05) is 13.0 Å². The van der Waals surface area contributed by atoms with Crippen molar-refractivity contribution in [3.05, 3.63) is 41.0 Å². The quantitative estimate of drug-likeness (QED) is 0.714. The van der Waals surface area contributed by atoms with E-state index >= 15 is 0 Å². The van der Waals surface area contributed by atoms with Crippen molar-refractivity contribution in [2.24, 2.45) is 0 Å². The van der Waals surface area contributed by atoms with Crippen molar-refractivity contribution in [2.45, 2.75) is 19.8 Å². The third kappa shape index (κ3) is 2.13. The Bertz CT molecular complexity index is 843. The number of anilines is 2. The highest BCUT2D eigenvalue weighted by atomic mass is 32.1. The summed E-state index contributed by atoms with van der Waals surface area (Å²) in [4.78, 5) is 11.6. The van der Waals surface area contributed by atoms with Gasteiger partial charge >= 0.3 is 0 Å². The molecule has 0 amide bonds. The monoisotopic (exact) mass is 311 g/mol. The second kappa shape index (κ2) is 5.25. The molecule has 1 aliphatic heterocycles. The predicted octanol–water partition coefficient (Wildman–Crippen LogP) is 4.09. The third-order valence-corrected chi connectivity index (χ3v) is 4.96. The lowest BCUT2D eigenvalue weighted by molar-refractivity contribution is 0.414. The zero-order valence-corrected chi connectivity index (χ0v) is 13.5. The number of methoxy groups -OCH3 is 1. The molecule has 3 heterocycles. The van der Waals surface area contributed by atoms with Gasteiger partial charge < -0.3 is 9.64 Å². The number of benzene rings is 1. The molecule has 0 saturated carbocycles. The number of hydrogen-bond donors (Lipinski definition) is 0. The van der Waals surface area contributed by atoms with Crippen LogP contribution in [-0.4, -0.2) is 23.6 Å². The van der Waals surface area contributed by atoms with Crippen LogP contribution in [-0.2, 0) is 6.42 Å². The van der Waals surface area contributed by atoms with Gasteiger partial charge in [-0.15, -0.1) is 11.3 Å². The zero-order valence-electron chi connectivity index (χ0n) is 12.7. The Morgan fingerprint density at radius 2 is 2.14 bits per heavy atom. The molecule has 0 N–H and O–H groups in total. The molecule has 0 unspecified atom stereocenters. The van der Waals surface area contributed by atoms with Gasteiger partial charge in [-0.2, -0.15) is 0 Å². The van der Waals surface area contributed by atoms with Crippen LogP contribution in [0.5, 0.6) is 5.75 Å². The third-order valence-electron chi connectivity index (χ3n) is 4.06. The molecule has 0 aliphatic carbocycles. The molecule has 22 heavy (non-hydrogen) atoms. The minimum absolute atomic E-state index is 0.821. The Kier molecular flexibility index (Phi) is 3.22. The van der Waals surface area contributed by atoms with Crippen LogP contribution < -0.4 is 9.64 Å². The van der Waals surface area contributed by atoms with Crippen LogP contribution in [0.25, 0.3) is 10.2 Å². The molecule has 0 spiro atoms. The molecule has 1 aliphatic rings. The van der Waals surface area contributed by atoms with E-state index in [0.717, 1.165) is 47.0 Å². The molecule has 0 bridgehead atoms. The lowest BCUT2D eigenvalue weighted by Crippen LogP contribution is -2.25. The summed E-state index contributed by atoms with van der Waals surface area (Å²) in [6.45, 7) is 2.95. The van der Waals surface area contributed by atoms with E-state index in [1.54, 1.807) is 18.4 Å². The van der Waals surface area contributed by atoms with E-state index in [0.29, 0.717) is 0 Å². The summed E-state index contributed by atoms with van der Waals surface area (Å²) in [5.41, 5.74) is 3.60. The van der Waals surface area contributed by atoms with E-state index in [2.05, 4.69) is 33.5 Å². The fraction of sp³-hybridized carbons (Fsp3) is 0.294. The molecule has 4 rings (SSSR count). The van der Waals surface area contributed by atoms with E-state index < -0.39 is 0 Å². The van der Waals surface area contributed by atoms with E-state index in [9.17, 15) is 0 Å². The van der Waals surface area contributed by atoms with Gasteiger partial charge in [0, 0.05) is 12.2 Å². The zero-order chi connectivity index (χ0) is 15.1. The second-order valence-corrected chi connectivity index (χ2v) is 6.40. The first-order valence-corrected chi connectivity index (χ1v) is 8.30. The molecule has 0 radical (unpaired) electrons. The van der Waals surface area contributed by atoms with Gasteiger partial charge in [-0.1, -0.05) is 0 Å². The smallest absolute Gasteiger partial charge is 0.154 e. The number of hydrogen-bond acceptors (Lipinski definition) is 5. The fourth-order valence-electron chi connectivity index (χ4n) is 3.06. The lowest BCUT2D eigenvalue weighted by Gasteiger charge is -2.31. The van der Waals surface area contributed by atoms with Crippen LogP contribution in [0.1, 0.15) is 17.8 Å². The first-order valence-electron chi connectivity index (χ1n) is 7.42. The average molecular weight is 311 g/mol. The van der Waals surface area contributed by atoms with Gasteiger partial charge in [0.25, 0.3) is 0 Å². The Morgan fingerprint density at radius 3 is 3.00 bits per heavy atom. The summed E-state index contributed by atoms with van der Waals surface area (Å²) in [6, 6.07) is 8.37. The summed E-state index contributed by atoms with van der Waals surface area (Å²) in [7, 11) is 1.71. The van der Waals surface area contributed by atoms with Crippen LogP contribution in [0.3, 0.4) is 0 Å². The first-order chi connectivity index (χ1) is 10.8. The summed E-state index contributed by atoms with van der Waals surface area (Å²) in [6.07, 6.45) is 2.21. The van der Waals surface area contributed by atoms with Crippen LogP contribution in [0.15, 0.2) is 29.6 Å². The summed E-state index contributed by atoms with van der Waals surface area (Å²) >= 11 is 1.71. The van der Waals surface area contributed by atoms with Gasteiger partial charge in [-0.05, 0) is 55.0 Å². The molecule has 2 aromatic heterocycles. The number of rotatable bonds is 2. The molecular weight excluding hydrogens is 294 g/mol. The number of thiophene rings is 1. The predicted molar refractivity (Wildman–Crippen MR) is 90.5 cm³/mol. The number of ether oxygens (including phenoxy) is 1. The Morgan fingerprint density at radius 1 is 1.23 bits per heavy atom. The SMILES string of the molecule is COc1ccc2c(c1)CCCN2c1nc(C)nc2ccsc12. The summed E-state index contributed by atoms with van der Waals surface area (Å²) < 4.78 is 6.52. The topological polar surface area (TPSA) is 38.2 Å². The average Bonchev–Trinajstić information content (AvgIpc) is 3.01. The normalized spacial score (nSPS) is 14.2. The summed E-state index contributed by atoms with van der Waals surface area (Å²) in [5.74, 6) is 2.77. The number of nitrogens with zero attached hydrogens (tertiary/aromatic N) is 3. The van der Waals surface area contributed by atoms with Crippen molar-refractivity contribution in [1.82, 2.24) is 9.97 Å². The molecule has 4 nitrogen and oxygen atoms in total. The standard InChI is InChI=1S/C17H17N3OS/c1-11-18-14-7-9-22-16(14)17(19-11)20-8-3-4-12-10-13(21-2)5-6-15(12)20/h5-7,9-10H,3-4,8H2,1-2H3. The Labute approximate surface area is 133 Å². The van der Waals surface area contributed by atoms with Gasteiger partial charge in [-0.3, -0.25) is 0 Å². The van der Waals surface area contributed by atoms with Crippen molar-refractivity contribution in [1.29, 1.82) is 0 Å². The van der Waals surface area contributed by atoms with Gasteiger partial charge in [0.1, 0.15) is 11.6 Å². The molecule has 1 aromatic carbocycles. The maximum atomic E-state index is 5.36. The molecule has 0 atom stereocenters. The molecule has 5 heteroatoms. The molecule has 0 fully saturated rings. The Hall–Kier alpha value is -2.14. The van der Waals surface area contributed by atoms with Crippen LogP contribution in [0, 0.1) is 6.92 Å². The van der Waals surface area contributed by atoms with Crippen LogP contribution in [0.4, 0.5) is 11.5 Å². The number of aryl methyl sites for hydroxylation is 2. The van der Waals surface area contributed by atoms with Crippen molar-refractivity contribution in [3.63, 3.8) is 0 Å². The minimum Gasteiger partial charge on any atom is -0.497 e. The van der Waals surface area contributed by atoms with Gasteiger partial charge in [0.15, 0.2) is 5.82 Å². The van der Waals surface area contributed by atoms with Crippen molar-refractivity contribution < 1.29 is 4.74 Å². The van der Waals surface area contributed by atoms with Gasteiger partial charge in [0.2, 0.25) is 0 Å². The van der Waals surface area contributed by atoms with Gasteiger partial charge in [0.05, 0.1) is 17.3 Å². The number of aromatic nitrogens is 2. The maximum absolute atomic E-state index is 5.36. The number of fused-ring (bicyclic) bond motifs is 2. The van der Waals surface area contributed by atoms with Crippen molar-refractivity contribution in [3.8, 4) is 5.75 Å². The largest absolute Gasteiger partial charge is 0.497 e. The molecule has 0 saturated heterocycles. The van der Waals surface area contributed by atoms with E-state index in [4.69, 9.17) is 9.72 Å². The molecular formula is C17H17N3OS. The highest BCUT2D eigenvalue weighted by molar-refractivity contribution is 7.17.